The van der Waals surface area contributed by atoms with Crippen LogP contribution in [0.15, 0.2) is 48.5 Å². The standard InChI is InChI=1S/C16H20N2O2/c1-12-10-13(17)8-9-15(12)18-16(2,19)11-20-14-6-4-3-5-7-14/h3-10,18-19H,11,17H2,1-2H3. The van der Waals surface area contributed by atoms with Crippen LogP contribution in [0.4, 0.5) is 11.4 Å². The van der Waals surface area contributed by atoms with E-state index in [1.165, 1.54) is 0 Å². The first-order valence-corrected chi connectivity index (χ1v) is 6.51. The van der Waals surface area contributed by atoms with Gasteiger partial charge in [-0.1, -0.05) is 18.2 Å². The molecule has 0 aliphatic carbocycles. The number of benzene rings is 2. The Kier molecular flexibility index (Phi) is 4.15. The Bertz CT molecular complexity index is 568. The predicted octanol–water partition coefficient (Wildman–Crippen LogP) is 2.78. The Morgan fingerprint density at radius 3 is 2.55 bits per heavy atom. The lowest BCUT2D eigenvalue weighted by atomic mass is 10.1. The third-order valence-electron chi connectivity index (χ3n) is 2.92. The van der Waals surface area contributed by atoms with Crippen LogP contribution < -0.4 is 15.8 Å². The average Bonchev–Trinajstić information content (AvgIpc) is 2.41. The maximum Gasteiger partial charge on any atom is 0.167 e. The van der Waals surface area contributed by atoms with Gasteiger partial charge in [-0.05, 0) is 49.7 Å². The molecular weight excluding hydrogens is 252 g/mol. The van der Waals surface area contributed by atoms with Crippen molar-refractivity contribution in [3.8, 4) is 5.75 Å². The lowest BCUT2D eigenvalue weighted by Crippen LogP contribution is -2.41. The molecule has 0 radical (unpaired) electrons. The third kappa shape index (κ3) is 3.90. The molecule has 2 aromatic rings. The zero-order valence-corrected chi connectivity index (χ0v) is 11.8. The molecule has 0 heterocycles. The number of nitrogens with one attached hydrogen (secondary N) is 1. The van der Waals surface area contributed by atoms with Gasteiger partial charge < -0.3 is 20.9 Å². The molecule has 0 aliphatic heterocycles. The fourth-order valence-electron chi connectivity index (χ4n) is 1.89. The van der Waals surface area contributed by atoms with E-state index in [0.29, 0.717) is 5.69 Å². The van der Waals surface area contributed by atoms with Crippen LogP contribution in [-0.2, 0) is 0 Å². The zero-order valence-electron chi connectivity index (χ0n) is 11.8. The normalized spacial score (nSPS) is 13.6. The highest BCUT2D eigenvalue weighted by Gasteiger charge is 2.21. The maximum atomic E-state index is 10.4. The summed E-state index contributed by atoms with van der Waals surface area (Å²) >= 11 is 0. The average molecular weight is 272 g/mol. The number of ether oxygens (including phenoxy) is 1. The molecule has 106 valence electrons. The van der Waals surface area contributed by atoms with Gasteiger partial charge >= 0.3 is 0 Å². The van der Waals surface area contributed by atoms with Crippen molar-refractivity contribution >= 4 is 11.4 Å². The fraction of sp³-hybridized carbons (Fsp3) is 0.250. The minimum Gasteiger partial charge on any atom is -0.489 e. The lowest BCUT2D eigenvalue weighted by molar-refractivity contribution is 0.0367. The van der Waals surface area contributed by atoms with Crippen molar-refractivity contribution in [3.05, 3.63) is 54.1 Å². The topological polar surface area (TPSA) is 67.5 Å². The van der Waals surface area contributed by atoms with Crippen molar-refractivity contribution in [2.24, 2.45) is 0 Å². The van der Waals surface area contributed by atoms with Crippen molar-refractivity contribution in [3.63, 3.8) is 0 Å². The van der Waals surface area contributed by atoms with Crippen LogP contribution in [0.1, 0.15) is 12.5 Å². The van der Waals surface area contributed by atoms with Gasteiger partial charge in [-0.3, -0.25) is 0 Å². The van der Waals surface area contributed by atoms with Gasteiger partial charge in [0.2, 0.25) is 0 Å². The summed E-state index contributed by atoms with van der Waals surface area (Å²) in [6.07, 6.45) is 0. The molecule has 4 nitrogen and oxygen atoms in total. The molecule has 0 aliphatic rings. The summed E-state index contributed by atoms with van der Waals surface area (Å²) in [4.78, 5) is 0. The van der Waals surface area contributed by atoms with Crippen LogP contribution in [0.2, 0.25) is 0 Å². The van der Waals surface area contributed by atoms with E-state index >= 15 is 0 Å². The number of para-hydroxylation sites is 1. The Hall–Kier alpha value is -2.20. The number of hydrogen-bond donors (Lipinski definition) is 3. The number of anilines is 2. The first kappa shape index (κ1) is 14.2. The van der Waals surface area contributed by atoms with Gasteiger partial charge in [0.25, 0.3) is 0 Å². The monoisotopic (exact) mass is 272 g/mol. The summed E-state index contributed by atoms with van der Waals surface area (Å²) in [5.74, 6) is 0.726. The smallest absolute Gasteiger partial charge is 0.167 e. The number of nitrogen functional groups attached to an aromatic ring is 1. The summed E-state index contributed by atoms with van der Waals surface area (Å²) in [5.41, 5.74) is 7.05. The fourth-order valence-corrected chi connectivity index (χ4v) is 1.89. The molecule has 20 heavy (non-hydrogen) atoms. The predicted molar refractivity (Wildman–Crippen MR) is 81.8 cm³/mol. The Labute approximate surface area is 119 Å². The number of rotatable bonds is 5. The van der Waals surface area contributed by atoms with Crippen LogP contribution in [-0.4, -0.2) is 17.4 Å². The summed E-state index contributed by atoms with van der Waals surface area (Å²) in [7, 11) is 0. The van der Waals surface area contributed by atoms with Gasteiger partial charge in [0.1, 0.15) is 12.4 Å². The van der Waals surface area contributed by atoms with Gasteiger partial charge in [0.15, 0.2) is 5.72 Å². The quantitative estimate of drug-likeness (QED) is 0.578. The van der Waals surface area contributed by atoms with Crippen LogP contribution in [0.25, 0.3) is 0 Å². The molecule has 0 amide bonds. The highest BCUT2D eigenvalue weighted by atomic mass is 16.5. The van der Waals surface area contributed by atoms with Crippen LogP contribution in [0.3, 0.4) is 0 Å². The van der Waals surface area contributed by atoms with Gasteiger partial charge in [-0.15, -0.1) is 0 Å². The van der Waals surface area contributed by atoms with Gasteiger partial charge in [0, 0.05) is 11.4 Å². The molecule has 4 N–H and O–H groups in total. The summed E-state index contributed by atoms with van der Waals surface area (Å²) in [6, 6.07) is 14.9. The third-order valence-corrected chi connectivity index (χ3v) is 2.92. The molecule has 0 aromatic heterocycles. The van der Waals surface area contributed by atoms with E-state index in [0.717, 1.165) is 17.0 Å². The van der Waals surface area contributed by atoms with E-state index in [2.05, 4.69) is 5.32 Å². The van der Waals surface area contributed by atoms with Crippen molar-refractivity contribution in [1.82, 2.24) is 0 Å². The summed E-state index contributed by atoms with van der Waals surface area (Å²) in [5, 5.41) is 13.4. The molecule has 0 bridgehead atoms. The van der Waals surface area contributed by atoms with Crippen molar-refractivity contribution < 1.29 is 9.84 Å². The van der Waals surface area contributed by atoms with E-state index in [9.17, 15) is 5.11 Å². The molecule has 2 aromatic carbocycles. The number of hydrogen-bond acceptors (Lipinski definition) is 4. The van der Waals surface area contributed by atoms with Gasteiger partial charge in [-0.2, -0.15) is 0 Å². The minimum atomic E-state index is -1.17. The summed E-state index contributed by atoms with van der Waals surface area (Å²) < 4.78 is 5.57. The van der Waals surface area contributed by atoms with E-state index in [4.69, 9.17) is 10.5 Å². The largest absolute Gasteiger partial charge is 0.489 e. The van der Waals surface area contributed by atoms with Gasteiger partial charge in [0.05, 0.1) is 0 Å². The van der Waals surface area contributed by atoms with E-state index in [1.807, 2.05) is 49.4 Å². The second-order valence-electron chi connectivity index (χ2n) is 5.07. The number of aliphatic hydroxyl groups is 1. The molecule has 2 rings (SSSR count). The van der Waals surface area contributed by atoms with Crippen LogP contribution in [0, 0.1) is 6.92 Å². The minimum absolute atomic E-state index is 0.140. The molecule has 0 saturated carbocycles. The van der Waals surface area contributed by atoms with Crippen LogP contribution in [0.5, 0.6) is 5.75 Å². The highest BCUT2D eigenvalue weighted by molar-refractivity contribution is 5.58. The maximum absolute atomic E-state index is 10.4. The van der Waals surface area contributed by atoms with Crippen LogP contribution >= 0.6 is 0 Å². The number of aryl methyl sites for hydroxylation is 1. The lowest BCUT2D eigenvalue weighted by Gasteiger charge is -2.27. The Morgan fingerprint density at radius 2 is 1.90 bits per heavy atom. The SMILES string of the molecule is Cc1cc(N)ccc1NC(C)(O)COc1ccccc1. The molecule has 0 spiro atoms. The van der Waals surface area contributed by atoms with Crippen molar-refractivity contribution in [2.45, 2.75) is 19.6 Å². The molecule has 1 atom stereocenters. The van der Waals surface area contributed by atoms with Crippen molar-refractivity contribution in [2.75, 3.05) is 17.7 Å². The Morgan fingerprint density at radius 1 is 1.20 bits per heavy atom. The first-order chi connectivity index (χ1) is 9.46. The second kappa shape index (κ2) is 5.84. The first-order valence-electron chi connectivity index (χ1n) is 6.51. The molecular formula is C16H20N2O2. The number of nitrogens with two attached hydrogens (primary N) is 1. The molecule has 0 fully saturated rings. The van der Waals surface area contributed by atoms with E-state index in [1.54, 1.807) is 13.0 Å². The Balaban J connectivity index is 2.00. The molecule has 4 heteroatoms. The molecule has 1 unspecified atom stereocenters. The van der Waals surface area contributed by atoms with Gasteiger partial charge in [-0.25, -0.2) is 0 Å². The van der Waals surface area contributed by atoms with E-state index < -0.39 is 5.72 Å². The summed E-state index contributed by atoms with van der Waals surface area (Å²) in [6.45, 7) is 3.75. The van der Waals surface area contributed by atoms with E-state index in [-0.39, 0.29) is 6.61 Å². The molecule has 0 saturated heterocycles. The highest BCUT2D eigenvalue weighted by Crippen LogP contribution is 2.21. The second-order valence-corrected chi connectivity index (χ2v) is 5.07. The zero-order chi connectivity index (χ0) is 14.6. The van der Waals surface area contributed by atoms with Crippen molar-refractivity contribution in [1.29, 1.82) is 0 Å².